The van der Waals surface area contributed by atoms with Crippen LogP contribution in [0.3, 0.4) is 0 Å². The Morgan fingerprint density at radius 3 is 3.22 bits per heavy atom. The second kappa shape index (κ2) is 7.10. The van der Waals surface area contributed by atoms with Crippen molar-refractivity contribution in [1.29, 1.82) is 5.26 Å². The van der Waals surface area contributed by atoms with Gasteiger partial charge < -0.3 is 10.1 Å². The third kappa shape index (κ3) is 4.10. The summed E-state index contributed by atoms with van der Waals surface area (Å²) in [7, 11) is 0. The van der Waals surface area contributed by atoms with Gasteiger partial charge in [-0.2, -0.15) is 5.26 Å². The van der Waals surface area contributed by atoms with Gasteiger partial charge in [-0.15, -0.1) is 0 Å². The standard InChI is InChI=1S/C14H19N3O/c15-10-14-9-12(4-7-17-14)11-18-8-5-13-3-1-2-6-16-13/h4,7,9,13,16H,1-3,5-6,8,11H2. The van der Waals surface area contributed by atoms with E-state index in [0.717, 1.165) is 25.1 Å². The van der Waals surface area contributed by atoms with Crippen LogP contribution in [0.4, 0.5) is 0 Å². The monoisotopic (exact) mass is 245 g/mol. The topological polar surface area (TPSA) is 57.9 Å². The van der Waals surface area contributed by atoms with E-state index in [1.54, 1.807) is 12.3 Å². The van der Waals surface area contributed by atoms with E-state index in [1.165, 1.54) is 19.3 Å². The molecule has 1 N–H and O–H groups in total. The molecule has 0 aromatic carbocycles. The van der Waals surface area contributed by atoms with Crippen molar-refractivity contribution in [2.24, 2.45) is 0 Å². The molecule has 1 unspecified atom stereocenters. The van der Waals surface area contributed by atoms with Crippen molar-refractivity contribution in [3.63, 3.8) is 0 Å². The Labute approximate surface area is 108 Å². The maximum Gasteiger partial charge on any atom is 0.140 e. The zero-order valence-corrected chi connectivity index (χ0v) is 10.6. The molecule has 18 heavy (non-hydrogen) atoms. The smallest absolute Gasteiger partial charge is 0.140 e. The lowest BCUT2D eigenvalue weighted by Crippen LogP contribution is -2.34. The van der Waals surface area contributed by atoms with Gasteiger partial charge in [-0.25, -0.2) is 4.98 Å². The first-order valence-electron chi connectivity index (χ1n) is 6.54. The quantitative estimate of drug-likeness (QED) is 0.806. The van der Waals surface area contributed by atoms with Crippen molar-refractivity contribution in [2.75, 3.05) is 13.2 Å². The zero-order valence-electron chi connectivity index (χ0n) is 10.6. The molecule has 4 heteroatoms. The molecule has 1 atom stereocenters. The normalized spacial score (nSPS) is 19.4. The minimum absolute atomic E-state index is 0.449. The van der Waals surface area contributed by atoms with Gasteiger partial charge in [0.15, 0.2) is 0 Å². The SMILES string of the molecule is N#Cc1cc(COCCC2CCCCN2)ccn1. The van der Waals surface area contributed by atoms with Crippen LogP contribution in [-0.4, -0.2) is 24.2 Å². The third-order valence-electron chi connectivity index (χ3n) is 3.23. The molecule has 96 valence electrons. The largest absolute Gasteiger partial charge is 0.377 e. The summed E-state index contributed by atoms with van der Waals surface area (Å²) in [5.74, 6) is 0. The number of nitriles is 1. The first-order chi connectivity index (χ1) is 8.88. The molecule has 0 aliphatic carbocycles. The summed E-state index contributed by atoms with van der Waals surface area (Å²) >= 11 is 0. The highest BCUT2D eigenvalue weighted by Gasteiger charge is 2.11. The average molecular weight is 245 g/mol. The highest BCUT2D eigenvalue weighted by Crippen LogP contribution is 2.10. The summed E-state index contributed by atoms with van der Waals surface area (Å²) in [6, 6.07) is 6.31. The zero-order chi connectivity index (χ0) is 12.6. The predicted molar refractivity (Wildman–Crippen MR) is 68.9 cm³/mol. The van der Waals surface area contributed by atoms with E-state index in [-0.39, 0.29) is 0 Å². The Kier molecular flexibility index (Phi) is 5.13. The molecular weight excluding hydrogens is 226 g/mol. The van der Waals surface area contributed by atoms with Crippen LogP contribution in [0, 0.1) is 11.3 Å². The van der Waals surface area contributed by atoms with Gasteiger partial charge in [0, 0.05) is 18.8 Å². The van der Waals surface area contributed by atoms with Gasteiger partial charge in [0.1, 0.15) is 11.8 Å². The fourth-order valence-electron chi connectivity index (χ4n) is 2.21. The van der Waals surface area contributed by atoms with Gasteiger partial charge in [-0.05, 0) is 43.5 Å². The molecule has 0 bridgehead atoms. The van der Waals surface area contributed by atoms with Gasteiger partial charge in [-0.3, -0.25) is 0 Å². The lowest BCUT2D eigenvalue weighted by atomic mass is 10.0. The van der Waals surface area contributed by atoms with E-state index < -0.39 is 0 Å². The van der Waals surface area contributed by atoms with Crippen molar-refractivity contribution in [2.45, 2.75) is 38.3 Å². The third-order valence-corrected chi connectivity index (χ3v) is 3.23. The molecule has 0 radical (unpaired) electrons. The molecular formula is C14H19N3O. The van der Waals surface area contributed by atoms with Crippen molar-refractivity contribution in [3.05, 3.63) is 29.6 Å². The molecule has 2 rings (SSSR count). The summed E-state index contributed by atoms with van der Waals surface area (Å²) in [6.45, 7) is 2.46. The molecule has 0 saturated carbocycles. The molecule has 0 spiro atoms. The Morgan fingerprint density at radius 2 is 2.44 bits per heavy atom. The molecule has 1 aliphatic rings. The Hall–Kier alpha value is -1.44. The fourth-order valence-corrected chi connectivity index (χ4v) is 2.21. The van der Waals surface area contributed by atoms with Crippen LogP contribution in [0.2, 0.25) is 0 Å². The first-order valence-corrected chi connectivity index (χ1v) is 6.54. The second-order valence-corrected chi connectivity index (χ2v) is 4.65. The van der Waals surface area contributed by atoms with Crippen LogP contribution >= 0.6 is 0 Å². The summed E-state index contributed by atoms with van der Waals surface area (Å²) < 4.78 is 5.64. The maximum absolute atomic E-state index is 8.74. The summed E-state index contributed by atoms with van der Waals surface area (Å²) in [6.07, 6.45) is 6.60. The van der Waals surface area contributed by atoms with E-state index in [1.807, 2.05) is 12.1 Å². The van der Waals surface area contributed by atoms with Gasteiger partial charge in [-0.1, -0.05) is 6.42 Å². The molecule has 1 fully saturated rings. The summed E-state index contributed by atoms with van der Waals surface area (Å²) in [5.41, 5.74) is 1.46. The summed E-state index contributed by atoms with van der Waals surface area (Å²) in [5, 5.41) is 12.2. The predicted octanol–water partition coefficient (Wildman–Crippen LogP) is 2.00. The number of aromatic nitrogens is 1. The minimum Gasteiger partial charge on any atom is -0.377 e. The second-order valence-electron chi connectivity index (χ2n) is 4.65. The van der Waals surface area contributed by atoms with E-state index in [9.17, 15) is 0 Å². The number of hydrogen-bond acceptors (Lipinski definition) is 4. The Bertz CT molecular complexity index is 408. The van der Waals surface area contributed by atoms with E-state index in [4.69, 9.17) is 10.00 Å². The number of nitrogens with zero attached hydrogens (tertiary/aromatic N) is 2. The molecule has 1 aliphatic heterocycles. The molecule has 4 nitrogen and oxygen atoms in total. The lowest BCUT2D eigenvalue weighted by molar-refractivity contribution is 0.108. The fraction of sp³-hybridized carbons (Fsp3) is 0.571. The van der Waals surface area contributed by atoms with Crippen molar-refractivity contribution in [1.82, 2.24) is 10.3 Å². The van der Waals surface area contributed by atoms with Gasteiger partial charge in [0.25, 0.3) is 0 Å². The van der Waals surface area contributed by atoms with E-state index in [0.29, 0.717) is 18.3 Å². The summed E-state index contributed by atoms with van der Waals surface area (Å²) in [4.78, 5) is 3.93. The van der Waals surface area contributed by atoms with E-state index >= 15 is 0 Å². The number of pyridine rings is 1. The van der Waals surface area contributed by atoms with Crippen molar-refractivity contribution < 1.29 is 4.74 Å². The van der Waals surface area contributed by atoms with Crippen molar-refractivity contribution in [3.8, 4) is 6.07 Å². The number of nitrogens with one attached hydrogen (secondary N) is 1. The van der Waals surface area contributed by atoms with Crippen molar-refractivity contribution >= 4 is 0 Å². The first kappa shape index (κ1) is 13.0. The number of rotatable bonds is 5. The van der Waals surface area contributed by atoms with Crippen LogP contribution < -0.4 is 5.32 Å². The molecule has 0 amide bonds. The van der Waals surface area contributed by atoms with E-state index in [2.05, 4.69) is 10.3 Å². The van der Waals surface area contributed by atoms with Crippen LogP contribution in [-0.2, 0) is 11.3 Å². The van der Waals surface area contributed by atoms with Gasteiger partial charge in [0.05, 0.1) is 6.61 Å². The number of piperidine rings is 1. The molecule has 1 aromatic rings. The maximum atomic E-state index is 8.74. The Balaban J connectivity index is 1.67. The van der Waals surface area contributed by atoms with Crippen LogP contribution in [0.5, 0.6) is 0 Å². The lowest BCUT2D eigenvalue weighted by Gasteiger charge is -2.23. The average Bonchev–Trinajstić information content (AvgIpc) is 2.45. The number of hydrogen-bond donors (Lipinski definition) is 1. The highest BCUT2D eigenvalue weighted by atomic mass is 16.5. The van der Waals surface area contributed by atoms with Crippen LogP contribution in [0.25, 0.3) is 0 Å². The van der Waals surface area contributed by atoms with Gasteiger partial charge in [0.2, 0.25) is 0 Å². The van der Waals surface area contributed by atoms with Gasteiger partial charge >= 0.3 is 0 Å². The number of ether oxygens (including phenoxy) is 1. The minimum atomic E-state index is 0.449. The van der Waals surface area contributed by atoms with Crippen LogP contribution in [0.1, 0.15) is 36.9 Å². The highest BCUT2D eigenvalue weighted by molar-refractivity contribution is 5.24. The van der Waals surface area contributed by atoms with Crippen LogP contribution in [0.15, 0.2) is 18.3 Å². The molecule has 2 heterocycles. The Morgan fingerprint density at radius 1 is 1.50 bits per heavy atom. The molecule has 1 saturated heterocycles. The molecule has 1 aromatic heterocycles.